The number of carbonyl (C=O) groups is 2. The Kier molecular flexibility index (Phi) is 7.65. The van der Waals surface area contributed by atoms with Crippen molar-refractivity contribution in [2.24, 2.45) is 5.92 Å². The summed E-state index contributed by atoms with van der Waals surface area (Å²) in [5, 5.41) is 2.71. The predicted octanol–water partition coefficient (Wildman–Crippen LogP) is 3.21. The summed E-state index contributed by atoms with van der Waals surface area (Å²) in [6.07, 6.45) is -2.49. The van der Waals surface area contributed by atoms with Gasteiger partial charge in [-0.05, 0) is 43.9 Å². The van der Waals surface area contributed by atoms with Crippen LogP contribution in [0.5, 0.6) is 0 Å². The monoisotopic (exact) mass is 477 g/mol. The third-order valence-electron chi connectivity index (χ3n) is 5.54. The zero-order valence-electron chi connectivity index (χ0n) is 17.4. The maximum Gasteiger partial charge on any atom is 0.422 e. The summed E-state index contributed by atoms with van der Waals surface area (Å²) in [4.78, 5) is 25.6. The summed E-state index contributed by atoms with van der Waals surface area (Å²) in [6, 6.07) is 6.07. The van der Waals surface area contributed by atoms with Gasteiger partial charge in [-0.3, -0.25) is 4.79 Å². The van der Waals surface area contributed by atoms with Crippen LogP contribution < -0.4 is 5.32 Å². The van der Waals surface area contributed by atoms with E-state index in [4.69, 9.17) is 0 Å². The average Bonchev–Trinajstić information content (AvgIpc) is 2.78. The number of rotatable bonds is 5. The van der Waals surface area contributed by atoms with Gasteiger partial charge in [0.15, 0.2) is 6.61 Å². The van der Waals surface area contributed by atoms with Crippen molar-refractivity contribution in [2.75, 3.05) is 38.1 Å². The van der Waals surface area contributed by atoms with Crippen LogP contribution in [-0.2, 0) is 19.6 Å². The van der Waals surface area contributed by atoms with Crippen LogP contribution in [-0.4, -0.2) is 68.6 Å². The Hall–Kier alpha value is -2.34. The van der Waals surface area contributed by atoms with Crippen molar-refractivity contribution < 1.29 is 35.9 Å². The summed E-state index contributed by atoms with van der Waals surface area (Å²) in [6.45, 7) is -0.509. The minimum Gasteiger partial charge on any atom is -0.440 e. The molecule has 0 unspecified atom stereocenters. The number of ether oxygens (including phenoxy) is 1. The molecule has 12 heteroatoms. The van der Waals surface area contributed by atoms with Crippen LogP contribution in [0, 0.1) is 5.92 Å². The number of hydrogen-bond donors (Lipinski definition) is 1. The molecule has 0 spiro atoms. The SMILES string of the molecule is O=C(Nc1cccc(S(=O)(=O)N2CCCCC2)c1)C1CCN(C(=O)OCC(F)(F)F)CC1. The number of alkyl halides is 3. The molecule has 2 aliphatic heterocycles. The molecule has 0 aromatic heterocycles. The third kappa shape index (κ3) is 6.35. The van der Waals surface area contributed by atoms with Crippen molar-refractivity contribution in [2.45, 2.75) is 43.2 Å². The number of sulfonamides is 1. The lowest BCUT2D eigenvalue weighted by molar-refractivity contribution is -0.162. The van der Waals surface area contributed by atoms with E-state index in [0.717, 1.165) is 24.2 Å². The molecule has 3 rings (SSSR count). The van der Waals surface area contributed by atoms with Gasteiger partial charge in [-0.1, -0.05) is 12.5 Å². The highest BCUT2D eigenvalue weighted by Gasteiger charge is 2.33. The molecule has 1 N–H and O–H groups in total. The lowest BCUT2D eigenvalue weighted by atomic mass is 9.96. The van der Waals surface area contributed by atoms with Crippen LogP contribution >= 0.6 is 0 Å². The summed E-state index contributed by atoms with van der Waals surface area (Å²) in [5.41, 5.74) is 0.347. The van der Waals surface area contributed by atoms with Gasteiger partial charge < -0.3 is 15.0 Å². The van der Waals surface area contributed by atoms with E-state index >= 15 is 0 Å². The lowest BCUT2D eigenvalue weighted by Crippen LogP contribution is -2.42. The number of hydrogen-bond acceptors (Lipinski definition) is 5. The van der Waals surface area contributed by atoms with E-state index in [9.17, 15) is 31.2 Å². The molecule has 2 aliphatic rings. The molecule has 0 bridgehead atoms. The van der Waals surface area contributed by atoms with Gasteiger partial charge in [0, 0.05) is 37.8 Å². The van der Waals surface area contributed by atoms with E-state index in [2.05, 4.69) is 10.1 Å². The van der Waals surface area contributed by atoms with Crippen LogP contribution in [0.15, 0.2) is 29.2 Å². The fourth-order valence-corrected chi connectivity index (χ4v) is 5.36. The van der Waals surface area contributed by atoms with Crippen molar-refractivity contribution in [1.82, 2.24) is 9.21 Å². The quantitative estimate of drug-likeness (QED) is 0.703. The number of benzene rings is 1. The Balaban J connectivity index is 1.54. The molecule has 1 aromatic carbocycles. The maximum absolute atomic E-state index is 12.8. The topological polar surface area (TPSA) is 96.0 Å². The average molecular weight is 478 g/mol. The Morgan fingerprint density at radius 1 is 1.06 bits per heavy atom. The van der Waals surface area contributed by atoms with E-state index < -0.39 is 34.8 Å². The van der Waals surface area contributed by atoms with Gasteiger partial charge in [0.05, 0.1) is 4.90 Å². The van der Waals surface area contributed by atoms with Crippen LogP contribution in [0.2, 0.25) is 0 Å². The van der Waals surface area contributed by atoms with Crippen molar-refractivity contribution in [3.63, 3.8) is 0 Å². The van der Waals surface area contributed by atoms with E-state index in [1.54, 1.807) is 12.1 Å². The molecule has 178 valence electrons. The fourth-order valence-electron chi connectivity index (χ4n) is 3.79. The van der Waals surface area contributed by atoms with Gasteiger partial charge in [-0.25, -0.2) is 13.2 Å². The van der Waals surface area contributed by atoms with Crippen molar-refractivity contribution in [1.29, 1.82) is 0 Å². The molecule has 0 saturated carbocycles. The number of piperidine rings is 2. The van der Waals surface area contributed by atoms with Crippen molar-refractivity contribution in [3.05, 3.63) is 24.3 Å². The standard InChI is InChI=1S/C20H26F3N3O5S/c21-20(22,23)14-31-19(28)25-11-7-15(8-12-25)18(27)24-16-5-4-6-17(13-16)32(29,30)26-9-2-1-3-10-26/h4-6,13,15H,1-3,7-12,14H2,(H,24,27). The van der Waals surface area contributed by atoms with Gasteiger partial charge >= 0.3 is 12.3 Å². The first kappa shape index (κ1) is 24.3. The van der Waals surface area contributed by atoms with Gasteiger partial charge in [0.2, 0.25) is 15.9 Å². The number of halogens is 3. The minimum absolute atomic E-state index is 0.0954. The first-order valence-electron chi connectivity index (χ1n) is 10.5. The van der Waals surface area contributed by atoms with Gasteiger partial charge in [0.25, 0.3) is 0 Å². The molecule has 32 heavy (non-hydrogen) atoms. The Bertz CT molecular complexity index is 925. The zero-order chi connectivity index (χ0) is 23.4. The molecular weight excluding hydrogens is 451 g/mol. The molecule has 0 radical (unpaired) electrons. The first-order chi connectivity index (χ1) is 15.1. The third-order valence-corrected chi connectivity index (χ3v) is 7.43. The minimum atomic E-state index is -4.59. The van der Waals surface area contributed by atoms with E-state index in [1.807, 2.05) is 0 Å². The molecule has 2 saturated heterocycles. The number of likely N-dealkylation sites (tertiary alicyclic amines) is 1. The molecule has 0 atom stereocenters. The van der Waals surface area contributed by atoms with Crippen LogP contribution in [0.4, 0.5) is 23.7 Å². The maximum atomic E-state index is 12.8. The molecule has 8 nitrogen and oxygen atoms in total. The van der Waals surface area contributed by atoms with Crippen LogP contribution in [0.25, 0.3) is 0 Å². The summed E-state index contributed by atoms with van der Waals surface area (Å²) in [7, 11) is -3.63. The van der Waals surface area contributed by atoms with Crippen LogP contribution in [0.1, 0.15) is 32.1 Å². The second kappa shape index (κ2) is 10.1. The summed E-state index contributed by atoms with van der Waals surface area (Å²) >= 11 is 0. The fraction of sp³-hybridized carbons (Fsp3) is 0.600. The highest BCUT2D eigenvalue weighted by molar-refractivity contribution is 7.89. The smallest absolute Gasteiger partial charge is 0.422 e. The number of amides is 2. The predicted molar refractivity (Wildman–Crippen MR) is 109 cm³/mol. The Morgan fingerprint density at radius 2 is 1.72 bits per heavy atom. The van der Waals surface area contributed by atoms with E-state index in [1.165, 1.54) is 16.4 Å². The second-order valence-electron chi connectivity index (χ2n) is 7.91. The molecule has 1 aromatic rings. The van der Waals surface area contributed by atoms with Gasteiger partial charge in [0.1, 0.15) is 0 Å². The Labute approximate surface area is 184 Å². The highest BCUT2D eigenvalue weighted by Crippen LogP contribution is 2.25. The largest absolute Gasteiger partial charge is 0.440 e. The van der Waals surface area contributed by atoms with Gasteiger partial charge in [-0.15, -0.1) is 0 Å². The number of nitrogens with zero attached hydrogens (tertiary/aromatic N) is 2. The Morgan fingerprint density at radius 3 is 2.34 bits per heavy atom. The molecule has 0 aliphatic carbocycles. The zero-order valence-corrected chi connectivity index (χ0v) is 18.3. The summed E-state index contributed by atoms with van der Waals surface area (Å²) < 4.78 is 67.9. The number of anilines is 1. The highest BCUT2D eigenvalue weighted by atomic mass is 32.2. The lowest BCUT2D eigenvalue weighted by Gasteiger charge is -2.30. The van der Waals surface area contributed by atoms with Crippen LogP contribution in [0.3, 0.4) is 0 Å². The van der Waals surface area contributed by atoms with E-state index in [-0.39, 0.29) is 36.7 Å². The molecule has 2 heterocycles. The van der Waals surface area contributed by atoms with E-state index in [0.29, 0.717) is 18.8 Å². The molecule has 2 amide bonds. The first-order valence-corrected chi connectivity index (χ1v) is 11.9. The normalized spacial score (nSPS) is 18.9. The molecule has 2 fully saturated rings. The number of nitrogens with one attached hydrogen (secondary N) is 1. The molecular formula is C20H26F3N3O5S. The summed E-state index contributed by atoms with van der Waals surface area (Å²) in [5.74, 6) is -0.787. The van der Waals surface area contributed by atoms with Crippen molar-refractivity contribution in [3.8, 4) is 0 Å². The number of carbonyl (C=O) groups excluding carboxylic acids is 2. The van der Waals surface area contributed by atoms with Gasteiger partial charge in [-0.2, -0.15) is 17.5 Å². The second-order valence-corrected chi connectivity index (χ2v) is 9.85. The van der Waals surface area contributed by atoms with Crippen molar-refractivity contribution >= 4 is 27.7 Å².